The minimum absolute atomic E-state index is 0.128. The van der Waals surface area contributed by atoms with Gasteiger partial charge in [0.25, 0.3) is 0 Å². The summed E-state index contributed by atoms with van der Waals surface area (Å²) in [4.78, 5) is 22.7. The van der Waals surface area contributed by atoms with Gasteiger partial charge in [-0.25, -0.2) is 9.59 Å². The van der Waals surface area contributed by atoms with Crippen LogP contribution in [0.25, 0.3) is 0 Å². The number of hydrogen-bond donors (Lipinski definition) is 3. The first-order valence-corrected chi connectivity index (χ1v) is 6.19. The zero-order valence-corrected chi connectivity index (χ0v) is 12.1. The molecular formula is C14H20N2O4. The number of carbonyl (C=O) groups excluding carboxylic acids is 1. The Kier molecular flexibility index (Phi) is 5.10. The van der Waals surface area contributed by atoms with E-state index in [2.05, 4.69) is 10.6 Å². The fourth-order valence-electron chi connectivity index (χ4n) is 1.42. The van der Waals surface area contributed by atoms with Gasteiger partial charge in [0.2, 0.25) is 0 Å². The lowest BCUT2D eigenvalue weighted by Crippen LogP contribution is -2.41. The number of ether oxygens (including phenoxy) is 1. The van der Waals surface area contributed by atoms with Crippen molar-refractivity contribution < 1.29 is 19.4 Å². The highest BCUT2D eigenvalue weighted by Crippen LogP contribution is 2.17. The van der Waals surface area contributed by atoms with E-state index in [0.29, 0.717) is 12.2 Å². The summed E-state index contributed by atoms with van der Waals surface area (Å²) in [6.07, 6.45) is 0. The number of rotatable bonds is 5. The fraction of sp³-hybridized carbons (Fsp3) is 0.429. The van der Waals surface area contributed by atoms with Crippen molar-refractivity contribution >= 4 is 17.7 Å². The second-order valence-electron chi connectivity index (χ2n) is 5.11. The third kappa shape index (κ3) is 4.55. The monoisotopic (exact) mass is 280 g/mol. The fourth-order valence-corrected chi connectivity index (χ4v) is 1.42. The van der Waals surface area contributed by atoms with Gasteiger partial charge in [-0.2, -0.15) is 0 Å². The Balaban J connectivity index is 2.71. The maximum Gasteiger partial charge on any atom is 0.335 e. The van der Waals surface area contributed by atoms with E-state index in [1.54, 1.807) is 20.1 Å². The third-order valence-corrected chi connectivity index (χ3v) is 2.96. The zero-order chi connectivity index (χ0) is 15.3. The van der Waals surface area contributed by atoms with E-state index in [1.165, 1.54) is 12.1 Å². The quantitative estimate of drug-likeness (QED) is 0.772. The van der Waals surface area contributed by atoms with Crippen molar-refractivity contribution in [3.8, 4) is 0 Å². The molecule has 6 heteroatoms. The molecule has 110 valence electrons. The summed E-state index contributed by atoms with van der Waals surface area (Å²) in [5.41, 5.74) is 0.923. The topological polar surface area (TPSA) is 87.7 Å². The summed E-state index contributed by atoms with van der Waals surface area (Å²) in [5, 5.41) is 14.2. The van der Waals surface area contributed by atoms with Crippen LogP contribution in [0.2, 0.25) is 0 Å². The van der Waals surface area contributed by atoms with Crippen LogP contribution in [0.15, 0.2) is 18.2 Å². The van der Waals surface area contributed by atoms with Gasteiger partial charge in [-0.1, -0.05) is 6.07 Å². The normalized spacial score (nSPS) is 11.0. The predicted molar refractivity (Wildman–Crippen MR) is 76.2 cm³/mol. The summed E-state index contributed by atoms with van der Waals surface area (Å²) in [6.45, 7) is 5.83. The van der Waals surface area contributed by atoms with Gasteiger partial charge in [-0.15, -0.1) is 0 Å². The van der Waals surface area contributed by atoms with Gasteiger partial charge >= 0.3 is 12.0 Å². The number of benzene rings is 1. The van der Waals surface area contributed by atoms with Gasteiger partial charge in [0.05, 0.1) is 11.2 Å². The SMILES string of the molecule is COC(C)(C)CNC(=O)Nc1cc(C(=O)O)ccc1C. The Morgan fingerprint density at radius 2 is 2.00 bits per heavy atom. The lowest BCUT2D eigenvalue weighted by molar-refractivity contribution is 0.0257. The second kappa shape index (κ2) is 6.38. The molecule has 1 aromatic rings. The molecule has 0 saturated carbocycles. The number of anilines is 1. The standard InChI is InChI=1S/C14H20N2O4/c1-9-5-6-10(12(17)18)7-11(9)16-13(19)15-8-14(2,3)20-4/h5-7H,8H2,1-4H3,(H,17,18)(H2,15,16,19). The smallest absolute Gasteiger partial charge is 0.335 e. The van der Waals surface area contributed by atoms with Crippen molar-refractivity contribution in [2.24, 2.45) is 0 Å². The van der Waals surface area contributed by atoms with E-state index in [9.17, 15) is 9.59 Å². The number of nitrogens with one attached hydrogen (secondary N) is 2. The molecule has 0 heterocycles. The van der Waals surface area contributed by atoms with E-state index in [4.69, 9.17) is 9.84 Å². The van der Waals surface area contributed by atoms with Crippen LogP contribution >= 0.6 is 0 Å². The maximum atomic E-state index is 11.8. The number of aryl methyl sites for hydroxylation is 1. The molecule has 20 heavy (non-hydrogen) atoms. The molecule has 0 unspecified atom stereocenters. The first-order chi connectivity index (χ1) is 9.25. The summed E-state index contributed by atoms with van der Waals surface area (Å²) < 4.78 is 5.19. The van der Waals surface area contributed by atoms with E-state index in [0.717, 1.165) is 5.56 Å². The highest BCUT2D eigenvalue weighted by Gasteiger charge is 2.17. The molecule has 0 aromatic heterocycles. The molecule has 1 rings (SSSR count). The summed E-state index contributed by atoms with van der Waals surface area (Å²) >= 11 is 0. The number of carboxylic acids is 1. The number of hydrogen-bond acceptors (Lipinski definition) is 3. The largest absolute Gasteiger partial charge is 0.478 e. The molecule has 3 N–H and O–H groups in total. The van der Waals surface area contributed by atoms with Crippen molar-refractivity contribution in [1.82, 2.24) is 5.32 Å². The minimum atomic E-state index is -1.03. The Morgan fingerprint density at radius 3 is 2.55 bits per heavy atom. The number of carbonyl (C=O) groups is 2. The Labute approximate surface area is 118 Å². The van der Waals surface area contributed by atoms with Crippen LogP contribution in [-0.2, 0) is 4.74 Å². The summed E-state index contributed by atoms with van der Waals surface area (Å²) in [6, 6.07) is 4.17. The predicted octanol–water partition coefficient (Wildman–Crippen LogP) is 2.24. The summed E-state index contributed by atoms with van der Waals surface area (Å²) in [5.74, 6) is -1.03. The molecule has 1 aromatic carbocycles. The van der Waals surface area contributed by atoms with Crippen LogP contribution in [0.5, 0.6) is 0 Å². The van der Waals surface area contributed by atoms with Crippen LogP contribution in [0.1, 0.15) is 29.8 Å². The van der Waals surface area contributed by atoms with Crippen molar-refractivity contribution in [3.05, 3.63) is 29.3 Å². The van der Waals surface area contributed by atoms with Gasteiger partial charge in [-0.3, -0.25) is 0 Å². The number of amides is 2. The summed E-state index contributed by atoms with van der Waals surface area (Å²) in [7, 11) is 1.57. The Morgan fingerprint density at radius 1 is 1.35 bits per heavy atom. The van der Waals surface area contributed by atoms with Crippen LogP contribution < -0.4 is 10.6 Å². The van der Waals surface area contributed by atoms with Crippen molar-refractivity contribution in [2.45, 2.75) is 26.4 Å². The van der Waals surface area contributed by atoms with Gasteiger partial charge in [0, 0.05) is 19.3 Å². The molecule has 0 saturated heterocycles. The molecule has 0 fully saturated rings. The number of methoxy groups -OCH3 is 1. The lowest BCUT2D eigenvalue weighted by atomic mass is 10.1. The number of aromatic carboxylic acids is 1. The molecule has 0 aliphatic rings. The third-order valence-electron chi connectivity index (χ3n) is 2.96. The molecule has 0 atom stereocenters. The first kappa shape index (κ1) is 16.0. The molecule has 2 amide bonds. The molecule has 6 nitrogen and oxygen atoms in total. The average molecular weight is 280 g/mol. The van der Waals surface area contributed by atoms with Crippen LogP contribution in [-0.4, -0.2) is 36.4 Å². The van der Waals surface area contributed by atoms with Crippen LogP contribution in [0.3, 0.4) is 0 Å². The molecule has 0 bridgehead atoms. The highest BCUT2D eigenvalue weighted by atomic mass is 16.5. The number of carboxylic acid groups (broad SMARTS) is 1. The van der Waals surface area contributed by atoms with Crippen LogP contribution in [0, 0.1) is 6.92 Å². The van der Waals surface area contributed by atoms with Crippen molar-refractivity contribution in [3.63, 3.8) is 0 Å². The molecule has 0 radical (unpaired) electrons. The molecular weight excluding hydrogens is 260 g/mol. The Hall–Kier alpha value is -2.08. The van der Waals surface area contributed by atoms with Crippen molar-refractivity contribution in [2.75, 3.05) is 19.0 Å². The Bertz CT molecular complexity index is 512. The number of urea groups is 1. The molecule has 0 spiro atoms. The minimum Gasteiger partial charge on any atom is -0.478 e. The second-order valence-corrected chi connectivity index (χ2v) is 5.11. The van der Waals surface area contributed by atoms with E-state index in [1.807, 2.05) is 13.8 Å². The molecule has 0 aliphatic carbocycles. The van der Waals surface area contributed by atoms with Crippen LogP contribution in [0.4, 0.5) is 10.5 Å². The first-order valence-electron chi connectivity index (χ1n) is 6.19. The van der Waals surface area contributed by atoms with Gasteiger partial charge < -0.3 is 20.5 Å². The van der Waals surface area contributed by atoms with Gasteiger partial charge in [0.1, 0.15) is 0 Å². The lowest BCUT2D eigenvalue weighted by Gasteiger charge is -2.23. The van der Waals surface area contributed by atoms with Gasteiger partial charge in [0.15, 0.2) is 0 Å². The average Bonchev–Trinajstić information content (AvgIpc) is 2.39. The van der Waals surface area contributed by atoms with E-state index >= 15 is 0 Å². The maximum absolute atomic E-state index is 11.8. The van der Waals surface area contributed by atoms with Crippen molar-refractivity contribution in [1.29, 1.82) is 0 Å². The van der Waals surface area contributed by atoms with Gasteiger partial charge in [-0.05, 0) is 38.5 Å². The van der Waals surface area contributed by atoms with E-state index in [-0.39, 0.29) is 5.56 Å². The van der Waals surface area contributed by atoms with E-state index < -0.39 is 17.6 Å². The highest BCUT2D eigenvalue weighted by molar-refractivity contribution is 5.93. The molecule has 0 aliphatic heterocycles. The zero-order valence-electron chi connectivity index (χ0n) is 12.1.